The van der Waals surface area contributed by atoms with Gasteiger partial charge in [0.05, 0.1) is 13.7 Å². The Balaban J connectivity index is 2.33. The summed E-state index contributed by atoms with van der Waals surface area (Å²) < 4.78 is 11.3. The third kappa shape index (κ3) is 3.20. The summed E-state index contributed by atoms with van der Waals surface area (Å²) in [6.07, 6.45) is 0. The van der Waals surface area contributed by atoms with E-state index in [1.54, 1.807) is 43.5 Å². The lowest BCUT2D eigenvalue weighted by Crippen LogP contribution is -2.03. The number of hydrogen-bond acceptors (Lipinski definition) is 3. The molecule has 0 aliphatic carbocycles. The van der Waals surface area contributed by atoms with Crippen LogP contribution in [0.25, 0.3) is 0 Å². The lowest BCUT2D eigenvalue weighted by atomic mass is 10.0. The second-order valence-corrected chi connectivity index (χ2v) is 4.99. The fourth-order valence-corrected chi connectivity index (χ4v) is 2.39. The van der Waals surface area contributed by atoms with Crippen LogP contribution < -0.4 is 9.47 Å². The average Bonchev–Trinajstić information content (AvgIpc) is 2.47. The SMILES string of the molecule is CCOc1ccc(C(=O)c2cccc(OC)c2)c(Br)c1. The summed E-state index contributed by atoms with van der Waals surface area (Å²) in [5.41, 5.74) is 1.19. The molecule has 0 aromatic heterocycles. The zero-order valence-electron chi connectivity index (χ0n) is 11.4. The van der Waals surface area contributed by atoms with Gasteiger partial charge in [0.15, 0.2) is 5.78 Å². The van der Waals surface area contributed by atoms with Crippen molar-refractivity contribution in [3.05, 3.63) is 58.1 Å². The maximum absolute atomic E-state index is 12.5. The molecule has 0 aliphatic rings. The van der Waals surface area contributed by atoms with Crippen molar-refractivity contribution in [2.24, 2.45) is 0 Å². The lowest BCUT2D eigenvalue weighted by Gasteiger charge is -2.08. The maximum Gasteiger partial charge on any atom is 0.194 e. The number of ether oxygens (including phenoxy) is 2. The van der Waals surface area contributed by atoms with Crippen LogP contribution in [0.3, 0.4) is 0 Å². The number of ketones is 1. The van der Waals surface area contributed by atoms with Crippen molar-refractivity contribution in [3.8, 4) is 11.5 Å². The molecule has 2 aromatic carbocycles. The number of benzene rings is 2. The van der Waals surface area contributed by atoms with Gasteiger partial charge in [-0.15, -0.1) is 0 Å². The first-order valence-electron chi connectivity index (χ1n) is 6.26. The highest BCUT2D eigenvalue weighted by molar-refractivity contribution is 9.10. The highest BCUT2D eigenvalue weighted by Crippen LogP contribution is 2.26. The first-order chi connectivity index (χ1) is 9.65. The lowest BCUT2D eigenvalue weighted by molar-refractivity contribution is 0.103. The van der Waals surface area contributed by atoms with Gasteiger partial charge >= 0.3 is 0 Å². The minimum atomic E-state index is -0.0566. The molecule has 0 aliphatic heterocycles. The molecule has 2 rings (SSSR count). The number of rotatable bonds is 5. The van der Waals surface area contributed by atoms with Gasteiger partial charge < -0.3 is 9.47 Å². The van der Waals surface area contributed by atoms with Crippen molar-refractivity contribution < 1.29 is 14.3 Å². The van der Waals surface area contributed by atoms with Crippen molar-refractivity contribution in [3.63, 3.8) is 0 Å². The van der Waals surface area contributed by atoms with Gasteiger partial charge in [0.25, 0.3) is 0 Å². The monoisotopic (exact) mass is 334 g/mol. The third-order valence-electron chi connectivity index (χ3n) is 2.83. The molecule has 20 heavy (non-hydrogen) atoms. The molecular formula is C16H15BrO3. The van der Waals surface area contributed by atoms with Crippen LogP contribution >= 0.6 is 15.9 Å². The molecule has 0 radical (unpaired) electrons. The summed E-state index contributed by atoms with van der Waals surface area (Å²) in [5.74, 6) is 1.35. The largest absolute Gasteiger partial charge is 0.497 e. The minimum absolute atomic E-state index is 0.0566. The third-order valence-corrected chi connectivity index (χ3v) is 3.48. The van der Waals surface area contributed by atoms with Gasteiger partial charge in [-0.2, -0.15) is 0 Å². The predicted molar refractivity (Wildman–Crippen MR) is 81.7 cm³/mol. The minimum Gasteiger partial charge on any atom is -0.497 e. The van der Waals surface area contributed by atoms with Gasteiger partial charge in [-0.25, -0.2) is 0 Å². The van der Waals surface area contributed by atoms with Crippen LogP contribution in [0.2, 0.25) is 0 Å². The number of carbonyl (C=O) groups excluding carboxylic acids is 1. The van der Waals surface area contributed by atoms with E-state index in [0.717, 1.165) is 10.2 Å². The van der Waals surface area contributed by atoms with E-state index >= 15 is 0 Å². The van der Waals surface area contributed by atoms with Gasteiger partial charge in [-0.1, -0.05) is 12.1 Å². The van der Waals surface area contributed by atoms with Crippen LogP contribution in [0, 0.1) is 0 Å². The number of hydrogen-bond donors (Lipinski definition) is 0. The molecule has 0 heterocycles. The van der Waals surface area contributed by atoms with E-state index in [-0.39, 0.29) is 5.78 Å². The smallest absolute Gasteiger partial charge is 0.194 e. The van der Waals surface area contributed by atoms with Crippen LogP contribution in [0.5, 0.6) is 11.5 Å². The molecular weight excluding hydrogens is 320 g/mol. The van der Waals surface area contributed by atoms with Gasteiger partial charge in [-0.05, 0) is 53.2 Å². The van der Waals surface area contributed by atoms with E-state index in [1.165, 1.54) is 0 Å². The fraction of sp³-hybridized carbons (Fsp3) is 0.188. The van der Waals surface area contributed by atoms with E-state index in [0.29, 0.717) is 23.5 Å². The molecule has 0 saturated heterocycles. The maximum atomic E-state index is 12.5. The Morgan fingerprint density at radius 1 is 1.15 bits per heavy atom. The molecule has 0 amide bonds. The Labute approximate surface area is 126 Å². The second kappa shape index (κ2) is 6.57. The number of carbonyl (C=O) groups is 1. The van der Waals surface area contributed by atoms with Crippen molar-refractivity contribution in [2.75, 3.05) is 13.7 Å². The van der Waals surface area contributed by atoms with Crippen molar-refractivity contribution in [1.82, 2.24) is 0 Å². The first-order valence-corrected chi connectivity index (χ1v) is 7.06. The topological polar surface area (TPSA) is 35.5 Å². The van der Waals surface area contributed by atoms with Crippen LogP contribution in [0.1, 0.15) is 22.8 Å². The van der Waals surface area contributed by atoms with Crippen LogP contribution in [-0.4, -0.2) is 19.5 Å². The summed E-state index contributed by atoms with van der Waals surface area (Å²) in [7, 11) is 1.58. The fourth-order valence-electron chi connectivity index (χ4n) is 1.86. The summed E-state index contributed by atoms with van der Waals surface area (Å²) in [6.45, 7) is 2.51. The van der Waals surface area contributed by atoms with Crippen LogP contribution in [0.4, 0.5) is 0 Å². The summed E-state index contributed by atoms with van der Waals surface area (Å²) in [4.78, 5) is 12.5. The highest BCUT2D eigenvalue weighted by Gasteiger charge is 2.14. The molecule has 0 atom stereocenters. The van der Waals surface area contributed by atoms with Crippen LogP contribution in [-0.2, 0) is 0 Å². The molecule has 3 nitrogen and oxygen atoms in total. The molecule has 0 saturated carbocycles. The first kappa shape index (κ1) is 14.6. The molecule has 0 spiro atoms. The normalized spacial score (nSPS) is 10.2. The molecule has 0 bridgehead atoms. The molecule has 2 aromatic rings. The zero-order chi connectivity index (χ0) is 14.5. The highest BCUT2D eigenvalue weighted by atomic mass is 79.9. The second-order valence-electron chi connectivity index (χ2n) is 4.14. The van der Waals surface area contributed by atoms with E-state index in [9.17, 15) is 4.79 Å². The van der Waals surface area contributed by atoms with E-state index in [2.05, 4.69) is 15.9 Å². The molecule has 0 unspecified atom stereocenters. The van der Waals surface area contributed by atoms with Crippen LogP contribution in [0.15, 0.2) is 46.9 Å². The standard InChI is InChI=1S/C16H15BrO3/c1-3-20-13-7-8-14(15(17)10-13)16(18)11-5-4-6-12(9-11)19-2/h4-10H,3H2,1-2H3. The van der Waals surface area contributed by atoms with E-state index in [1.807, 2.05) is 13.0 Å². The summed E-state index contributed by atoms with van der Waals surface area (Å²) in [5, 5.41) is 0. The summed E-state index contributed by atoms with van der Waals surface area (Å²) >= 11 is 3.42. The van der Waals surface area contributed by atoms with E-state index < -0.39 is 0 Å². The predicted octanol–water partition coefficient (Wildman–Crippen LogP) is 4.09. The Bertz CT molecular complexity index is 623. The van der Waals surface area contributed by atoms with Gasteiger partial charge in [0.2, 0.25) is 0 Å². The molecule has 0 N–H and O–H groups in total. The molecule has 4 heteroatoms. The Morgan fingerprint density at radius 3 is 2.60 bits per heavy atom. The summed E-state index contributed by atoms with van der Waals surface area (Å²) in [6, 6.07) is 12.5. The Kier molecular flexibility index (Phi) is 4.79. The van der Waals surface area contributed by atoms with Crippen molar-refractivity contribution in [2.45, 2.75) is 6.92 Å². The quantitative estimate of drug-likeness (QED) is 0.772. The molecule has 0 fully saturated rings. The van der Waals surface area contributed by atoms with Gasteiger partial charge in [0.1, 0.15) is 11.5 Å². The zero-order valence-corrected chi connectivity index (χ0v) is 12.9. The van der Waals surface area contributed by atoms with Gasteiger partial charge in [0, 0.05) is 15.6 Å². The number of methoxy groups -OCH3 is 1. The Morgan fingerprint density at radius 2 is 1.95 bits per heavy atom. The van der Waals surface area contributed by atoms with Crippen molar-refractivity contribution in [1.29, 1.82) is 0 Å². The van der Waals surface area contributed by atoms with E-state index in [4.69, 9.17) is 9.47 Å². The number of halogens is 1. The van der Waals surface area contributed by atoms with Gasteiger partial charge in [-0.3, -0.25) is 4.79 Å². The van der Waals surface area contributed by atoms with Crippen molar-refractivity contribution >= 4 is 21.7 Å². The Hall–Kier alpha value is -1.81. The molecule has 104 valence electrons. The average molecular weight is 335 g/mol.